The minimum absolute atomic E-state index is 0.0574. The van der Waals surface area contributed by atoms with E-state index in [1.807, 2.05) is 0 Å². The number of hydrogen-bond acceptors (Lipinski definition) is 1. The highest BCUT2D eigenvalue weighted by molar-refractivity contribution is 5.65. The Bertz CT molecular complexity index is 726. The van der Waals surface area contributed by atoms with Gasteiger partial charge in [0.25, 0.3) is 0 Å². The lowest BCUT2D eigenvalue weighted by Crippen LogP contribution is -2.20. The van der Waals surface area contributed by atoms with Gasteiger partial charge in [-0.1, -0.05) is 25.5 Å². The molecule has 2 aromatic rings. The van der Waals surface area contributed by atoms with Gasteiger partial charge in [0.05, 0.1) is 12.7 Å². The Morgan fingerprint density at radius 2 is 1.72 bits per heavy atom. The van der Waals surface area contributed by atoms with Crippen LogP contribution in [0.1, 0.15) is 49.8 Å². The highest BCUT2D eigenvalue weighted by Crippen LogP contribution is 2.34. The van der Waals surface area contributed by atoms with Crippen LogP contribution >= 0.6 is 0 Å². The van der Waals surface area contributed by atoms with Crippen molar-refractivity contribution in [1.82, 2.24) is 0 Å². The maximum absolute atomic E-state index is 14.6. The lowest BCUT2D eigenvalue weighted by molar-refractivity contribution is -0.0195. The van der Waals surface area contributed by atoms with Gasteiger partial charge in [-0.25, -0.2) is 13.2 Å². The fourth-order valence-electron chi connectivity index (χ4n) is 3.47. The van der Waals surface area contributed by atoms with E-state index in [1.165, 1.54) is 25.1 Å². The van der Waals surface area contributed by atoms with Crippen LogP contribution < -0.4 is 0 Å². The number of ether oxygens (including phenoxy) is 1. The average molecular weight is 348 g/mol. The van der Waals surface area contributed by atoms with Crippen molar-refractivity contribution in [2.24, 2.45) is 5.92 Å². The normalized spacial score (nSPS) is 20.7. The van der Waals surface area contributed by atoms with E-state index < -0.39 is 17.5 Å². The predicted octanol–water partition coefficient (Wildman–Crippen LogP) is 6.35. The molecule has 2 unspecified atom stereocenters. The van der Waals surface area contributed by atoms with E-state index in [0.29, 0.717) is 12.5 Å². The maximum Gasteiger partial charge on any atom is 0.131 e. The summed E-state index contributed by atoms with van der Waals surface area (Å²) in [6.45, 7) is 4.23. The van der Waals surface area contributed by atoms with E-state index in [9.17, 15) is 13.2 Å². The van der Waals surface area contributed by atoms with Crippen LogP contribution in [-0.4, -0.2) is 6.61 Å². The summed E-state index contributed by atoms with van der Waals surface area (Å²) in [5, 5.41) is 0. The third kappa shape index (κ3) is 3.90. The first-order valence-corrected chi connectivity index (χ1v) is 8.86. The van der Waals surface area contributed by atoms with Crippen LogP contribution in [-0.2, 0) is 4.74 Å². The van der Waals surface area contributed by atoms with Gasteiger partial charge in [0.1, 0.15) is 17.5 Å². The molecule has 1 aliphatic rings. The number of rotatable bonds is 4. The van der Waals surface area contributed by atoms with Gasteiger partial charge >= 0.3 is 0 Å². The lowest BCUT2D eigenvalue weighted by atomic mass is 9.91. The molecule has 25 heavy (non-hydrogen) atoms. The molecule has 0 aliphatic carbocycles. The second-order valence-corrected chi connectivity index (χ2v) is 6.86. The van der Waals surface area contributed by atoms with Crippen molar-refractivity contribution >= 4 is 0 Å². The Hall–Kier alpha value is -1.81. The monoisotopic (exact) mass is 348 g/mol. The molecule has 134 valence electrons. The second-order valence-electron chi connectivity index (χ2n) is 6.86. The molecular weight excluding hydrogens is 325 g/mol. The molecule has 1 nitrogen and oxygen atoms in total. The summed E-state index contributed by atoms with van der Waals surface area (Å²) >= 11 is 0. The van der Waals surface area contributed by atoms with Crippen molar-refractivity contribution in [2.75, 3.05) is 6.61 Å². The maximum atomic E-state index is 14.6. The zero-order chi connectivity index (χ0) is 18.0. The molecule has 1 fully saturated rings. The minimum Gasteiger partial charge on any atom is -0.373 e. The fourth-order valence-corrected chi connectivity index (χ4v) is 3.47. The molecule has 0 radical (unpaired) electrons. The molecule has 1 saturated heterocycles. The first-order chi connectivity index (χ1) is 12.0. The summed E-state index contributed by atoms with van der Waals surface area (Å²) in [7, 11) is 0. The van der Waals surface area contributed by atoms with Crippen LogP contribution in [0.3, 0.4) is 0 Å². The van der Waals surface area contributed by atoms with Gasteiger partial charge in [-0.2, -0.15) is 0 Å². The Balaban J connectivity index is 1.80. The van der Waals surface area contributed by atoms with Crippen molar-refractivity contribution in [3.8, 4) is 11.1 Å². The molecule has 1 aliphatic heterocycles. The third-order valence-electron chi connectivity index (χ3n) is 5.02. The fraction of sp³-hybridized carbons (Fsp3) is 0.429. The number of halogens is 3. The Kier molecular flexibility index (Phi) is 5.48. The summed E-state index contributed by atoms with van der Waals surface area (Å²) in [6.07, 6.45) is 4.15. The largest absolute Gasteiger partial charge is 0.373 e. The summed E-state index contributed by atoms with van der Waals surface area (Å²) in [6, 6.07) is 7.14. The van der Waals surface area contributed by atoms with Crippen LogP contribution in [0.4, 0.5) is 13.2 Å². The van der Waals surface area contributed by atoms with Gasteiger partial charge in [-0.15, -0.1) is 0 Å². The van der Waals surface area contributed by atoms with E-state index >= 15 is 0 Å². The molecule has 0 saturated carbocycles. The lowest BCUT2D eigenvalue weighted by Gasteiger charge is -2.29. The summed E-state index contributed by atoms with van der Waals surface area (Å²) in [5.41, 5.74) is 1.13. The molecule has 4 heteroatoms. The average Bonchev–Trinajstić information content (AvgIpc) is 2.60. The van der Waals surface area contributed by atoms with Gasteiger partial charge in [-0.05, 0) is 61.4 Å². The molecular formula is C21H23F3O. The quantitative estimate of drug-likeness (QED) is 0.626. The van der Waals surface area contributed by atoms with Crippen molar-refractivity contribution < 1.29 is 17.9 Å². The first-order valence-electron chi connectivity index (χ1n) is 8.86. The van der Waals surface area contributed by atoms with E-state index in [4.69, 9.17) is 4.74 Å². The van der Waals surface area contributed by atoms with Gasteiger partial charge in [0.2, 0.25) is 0 Å². The third-order valence-corrected chi connectivity index (χ3v) is 5.02. The van der Waals surface area contributed by atoms with Gasteiger partial charge in [0.15, 0.2) is 0 Å². The number of hydrogen-bond donors (Lipinski definition) is 0. The van der Waals surface area contributed by atoms with E-state index in [1.54, 1.807) is 12.1 Å². The molecule has 1 heterocycles. The highest BCUT2D eigenvalue weighted by atomic mass is 19.1. The Labute approximate surface area is 146 Å². The predicted molar refractivity (Wildman–Crippen MR) is 92.8 cm³/mol. The van der Waals surface area contributed by atoms with Gasteiger partial charge in [0, 0.05) is 11.1 Å². The standard InChI is InChI=1S/C21H23F3O/c1-3-4-14-5-8-21(25-12-14)15-6-7-17(20(24)9-15)16-10-18(22)13(2)19(23)11-16/h6-7,9-11,14,21H,3-5,8,12H2,1-2H3. The summed E-state index contributed by atoms with van der Waals surface area (Å²) < 4.78 is 47.9. The van der Waals surface area contributed by atoms with E-state index in [2.05, 4.69) is 6.92 Å². The molecule has 0 aromatic heterocycles. The van der Waals surface area contributed by atoms with Crippen LogP contribution in [0.15, 0.2) is 30.3 Å². The highest BCUT2D eigenvalue weighted by Gasteiger charge is 2.23. The second kappa shape index (κ2) is 7.61. The van der Waals surface area contributed by atoms with E-state index in [-0.39, 0.29) is 22.8 Å². The van der Waals surface area contributed by atoms with Crippen molar-refractivity contribution in [1.29, 1.82) is 0 Å². The van der Waals surface area contributed by atoms with Gasteiger partial charge < -0.3 is 4.74 Å². The molecule has 3 rings (SSSR count). The number of benzene rings is 2. The Morgan fingerprint density at radius 1 is 1.00 bits per heavy atom. The van der Waals surface area contributed by atoms with Crippen molar-refractivity contribution in [3.63, 3.8) is 0 Å². The van der Waals surface area contributed by atoms with Crippen LogP contribution in [0.25, 0.3) is 11.1 Å². The zero-order valence-corrected chi connectivity index (χ0v) is 14.6. The first kappa shape index (κ1) is 18.0. The minimum atomic E-state index is -0.670. The van der Waals surface area contributed by atoms with Crippen molar-refractivity contribution in [3.05, 3.63) is 58.9 Å². The zero-order valence-electron chi connectivity index (χ0n) is 14.6. The SMILES string of the molecule is CCCC1CCC(c2ccc(-c3cc(F)c(C)c(F)c3)c(F)c2)OC1. The summed E-state index contributed by atoms with van der Waals surface area (Å²) in [5.74, 6) is -1.24. The molecule has 0 amide bonds. The van der Waals surface area contributed by atoms with E-state index in [0.717, 1.165) is 31.2 Å². The molecule has 0 bridgehead atoms. The van der Waals surface area contributed by atoms with Crippen LogP contribution in [0, 0.1) is 30.3 Å². The molecule has 0 N–H and O–H groups in total. The van der Waals surface area contributed by atoms with Crippen LogP contribution in [0.5, 0.6) is 0 Å². The molecule has 2 atom stereocenters. The summed E-state index contributed by atoms with van der Waals surface area (Å²) in [4.78, 5) is 0. The molecule has 2 aromatic carbocycles. The topological polar surface area (TPSA) is 9.23 Å². The van der Waals surface area contributed by atoms with Crippen molar-refractivity contribution in [2.45, 2.75) is 45.6 Å². The Morgan fingerprint density at radius 3 is 2.28 bits per heavy atom. The van der Waals surface area contributed by atoms with Gasteiger partial charge in [-0.3, -0.25) is 0 Å². The van der Waals surface area contributed by atoms with Crippen LogP contribution in [0.2, 0.25) is 0 Å². The molecule has 0 spiro atoms. The smallest absolute Gasteiger partial charge is 0.131 e.